The molecule has 3 nitrogen and oxygen atoms in total. The minimum Gasteiger partial charge on any atom is -0.492 e. The number of nitrogens with one attached hydrogen (secondary N) is 1. The highest BCUT2D eigenvalue weighted by Crippen LogP contribution is 2.23. The standard InChI is InChI=1S/C17H26N2OS/c1-14-13-21-11-9-19(14)8-10-20-17-5-3-2-4-15(17)12-18-16-6-7-16/h2-5,14,16,18H,6-13H2,1H3. The molecule has 1 aliphatic carbocycles. The predicted octanol–water partition coefficient (Wildman–Crippen LogP) is 2.75. The fourth-order valence-corrected chi connectivity index (χ4v) is 3.78. The number of ether oxygens (including phenoxy) is 1. The molecule has 0 radical (unpaired) electrons. The van der Waals surface area contributed by atoms with Crippen LogP contribution in [0.1, 0.15) is 25.3 Å². The maximum Gasteiger partial charge on any atom is 0.123 e. The van der Waals surface area contributed by atoms with E-state index in [1.54, 1.807) is 0 Å². The van der Waals surface area contributed by atoms with Crippen molar-refractivity contribution in [2.45, 2.75) is 38.4 Å². The summed E-state index contributed by atoms with van der Waals surface area (Å²) in [6, 6.07) is 9.85. The second-order valence-corrected chi connectivity index (χ2v) is 7.22. The van der Waals surface area contributed by atoms with Crippen LogP contribution in [0.25, 0.3) is 0 Å². The van der Waals surface area contributed by atoms with Crippen LogP contribution in [-0.4, -0.2) is 48.2 Å². The third-order valence-electron chi connectivity index (χ3n) is 4.27. The van der Waals surface area contributed by atoms with Crippen molar-refractivity contribution in [3.63, 3.8) is 0 Å². The van der Waals surface area contributed by atoms with Crippen molar-refractivity contribution in [3.05, 3.63) is 29.8 Å². The van der Waals surface area contributed by atoms with Gasteiger partial charge in [-0.05, 0) is 25.8 Å². The second kappa shape index (κ2) is 7.52. The van der Waals surface area contributed by atoms with E-state index < -0.39 is 0 Å². The number of rotatable bonds is 7. The largest absolute Gasteiger partial charge is 0.492 e. The first kappa shape index (κ1) is 15.2. The lowest BCUT2D eigenvalue weighted by atomic mass is 10.2. The summed E-state index contributed by atoms with van der Waals surface area (Å²) in [5.41, 5.74) is 1.28. The summed E-state index contributed by atoms with van der Waals surface area (Å²) in [7, 11) is 0. The van der Waals surface area contributed by atoms with Crippen LogP contribution >= 0.6 is 11.8 Å². The molecule has 1 aliphatic heterocycles. The molecule has 1 atom stereocenters. The summed E-state index contributed by atoms with van der Waals surface area (Å²) in [6.07, 6.45) is 2.65. The van der Waals surface area contributed by atoms with Gasteiger partial charge in [0.15, 0.2) is 0 Å². The van der Waals surface area contributed by atoms with Gasteiger partial charge in [0.1, 0.15) is 12.4 Å². The summed E-state index contributed by atoms with van der Waals surface area (Å²) < 4.78 is 6.05. The highest BCUT2D eigenvalue weighted by atomic mass is 32.2. The molecule has 1 N–H and O–H groups in total. The Morgan fingerprint density at radius 1 is 1.33 bits per heavy atom. The summed E-state index contributed by atoms with van der Waals surface area (Å²) in [5.74, 6) is 3.55. The third kappa shape index (κ3) is 4.63. The van der Waals surface area contributed by atoms with Crippen molar-refractivity contribution < 1.29 is 4.74 Å². The smallest absolute Gasteiger partial charge is 0.123 e. The van der Waals surface area contributed by atoms with Crippen LogP contribution in [0.15, 0.2) is 24.3 Å². The van der Waals surface area contributed by atoms with Crippen molar-refractivity contribution >= 4 is 11.8 Å². The quantitative estimate of drug-likeness (QED) is 0.837. The average Bonchev–Trinajstić information content (AvgIpc) is 3.32. The maximum atomic E-state index is 6.05. The number of hydrogen-bond donors (Lipinski definition) is 1. The molecule has 1 aromatic carbocycles. The molecule has 0 bridgehead atoms. The zero-order chi connectivity index (χ0) is 14.5. The van der Waals surface area contributed by atoms with E-state index >= 15 is 0 Å². The molecule has 3 rings (SSSR count). The Morgan fingerprint density at radius 3 is 3.00 bits per heavy atom. The van der Waals surface area contributed by atoms with Crippen molar-refractivity contribution in [1.29, 1.82) is 0 Å². The van der Waals surface area contributed by atoms with E-state index in [2.05, 4.69) is 53.2 Å². The van der Waals surface area contributed by atoms with Crippen molar-refractivity contribution in [2.75, 3.05) is 31.2 Å². The molecule has 1 unspecified atom stereocenters. The molecular formula is C17H26N2OS. The van der Waals surface area contributed by atoms with Gasteiger partial charge in [0.05, 0.1) is 0 Å². The van der Waals surface area contributed by atoms with Gasteiger partial charge >= 0.3 is 0 Å². The Morgan fingerprint density at radius 2 is 2.19 bits per heavy atom. The van der Waals surface area contributed by atoms with Crippen molar-refractivity contribution in [3.8, 4) is 5.75 Å². The maximum absolute atomic E-state index is 6.05. The molecule has 1 heterocycles. The van der Waals surface area contributed by atoms with Crippen molar-refractivity contribution in [2.24, 2.45) is 0 Å². The lowest BCUT2D eigenvalue weighted by molar-refractivity contribution is 0.182. The van der Waals surface area contributed by atoms with E-state index in [9.17, 15) is 0 Å². The summed E-state index contributed by atoms with van der Waals surface area (Å²) in [6.45, 7) is 6.26. The molecule has 1 saturated carbocycles. The highest BCUT2D eigenvalue weighted by Gasteiger charge is 2.21. The third-order valence-corrected chi connectivity index (χ3v) is 5.46. The Balaban J connectivity index is 1.47. The topological polar surface area (TPSA) is 24.5 Å². The zero-order valence-electron chi connectivity index (χ0n) is 12.9. The van der Waals surface area contributed by atoms with Crippen molar-refractivity contribution in [1.82, 2.24) is 10.2 Å². The van der Waals surface area contributed by atoms with E-state index in [0.29, 0.717) is 6.04 Å². The van der Waals surface area contributed by atoms with Gasteiger partial charge in [0, 0.05) is 48.8 Å². The lowest BCUT2D eigenvalue weighted by Gasteiger charge is -2.32. The van der Waals surface area contributed by atoms with Gasteiger partial charge in [-0.1, -0.05) is 18.2 Å². The Labute approximate surface area is 132 Å². The van der Waals surface area contributed by atoms with Gasteiger partial charge in [-0.15, -0.1) is 0 Å². The average molecular weight is 306 g/mol. The Bertz CT molecular complexity index is 450. The molecule has 0 amide bonds. The molecular weight excluding hydrogens is 280 g/mol. The van der Waals surface area contributed by atoms with E-state index in [1.807, 2.05) is 0 Å². The van der Waals surface area contributed by atoms with E-state index in [-0.39, 0.29) is 0 Å². The van der Waals surface area contributed by atoms with Gasteiger partial charge < -0.3 is 10.1 Å². The number of nitrogens with zero attached hydrogens (tertiary/aromatic N) is 1. The Kier molecular flexibility index (Phi) is 5.44. The second-order valence-electron chi connectivity index (χ2n) is 6.07. The summed E-state index contributed by atoms with van der Waals surface area (Å²) >= 11 is 2.06. The predicted molar refractivity (Wildman–Crippen MR) is 90.2 cm³/mol. The van der Waals surface area contributed by atoms with Gasteiger partial charge in [0.2, 0.25) is 0 Å². The van der Waals surface area contributed by atoms with E-state index in [1.165, 1.54) is 36.5 Å². The molecule has 1 saturated heterocycles. The van der Waals surface area contributed by atoms with Crippen LogP contribution in [0, 0.1) is 0 Å². The number of para-hydroxylation sites is 1. The SMILES string of the molecule is CC1CSCCN1CCOc1ccccc1CNC1CC1. The molecule has 21 heavy (non-hydrogen) atoms. The molecule has 1 aromatic rings. The fourth-order valence-electron chi connectivity index (χ4n) is 2.70. The van der Waals surface area contributed by atoms with Gasteiger partial charge in [-0.2, -0.15) is 11.8 Å². The first-order valence-corrected chi connectivity index (χ1v) is 9.24. The molecule has 116 valence electrons. The van der Waals surface area contributed by atoms with Gasteiger partial charge in [0.25, 0.3) is 0 Å². The monoisotopic (exact) mass is 306 g/mol. The van der Waals surface area contributed by atoms with E-state index in [0.717, 1.165) is 31.5 Å². The van der Waals surface area contributed by atoms with Crippen LogP contribution in [0.2, 0.25) is 0 Å². The van der Waals surface area contributed by atoms with Crippen LogP contribution < -0.4 is 10.1 Å². The summed E-state index contributed by atoms with van der Waals surface area (Å²) in [4.78, 5) is 2.54. The highest BCUT2D eigenvalue weighted by molar-refractivity contribution is 7.99. The fraction of sp³-hybridized carbons (Fsp3) is 0.647. The normalized spacial score (nSPS) is 23.2. The van der Waals surface area contributed by atoms with E-state index in [4.69, 9.17) is 4.74 Å². The van der Waals surface area contributed by atoms with Crippen LogP contribution in [0.4, 0.5) is 0 Å². The number of benzene rings is 1. The Hall–Kier alpha value is -0.710. The number of hydrogen-bond acceptors (Lipinski definition) is 4. The number of thioether (sulfide) groups is 1. The lowest BCUT2D eigenvalue weighted by Crippen LogP contribution is -2.42. The molecule has 2 aliphatic rings. The molecule has 2 fully saturated rings. The van der Waals surface area contributed by atoms with Gasteiger partial charge in [-0.25, -0.2) is 0 Å². The van der Waals surface area contributed by atoms with Gasteiger partial charge in [-0.3, -0.25) is 4.90 Å². The van der Waals surface area contributed by atoms with Crippen LogP contribution in [0.3, 0.4) is 0 Å². The first-order chi connectivity index (χ1) is 10.3. The molecule has 0 spiro atoms. The zero-order valence-corrected chi connectivity index (χ0v) is 13.7. The van der Waals surface area contributed by atoms with Crippen LogP contribution in [0.5, 0.6) is 5.75 Å². The first-order valence-electron chi connectivity index (χ1n) is 8.09. The molecule has 4 heteroatoms. The minimum atomic E-state index is 0.680. The summed E-state index contributed by atoms with van der Waals surface area (Å²) in [5, 5.41) is 3.57. The van der Waals surface area contributed by atoms with Crippen LogP contribution in [-0.2, 0) is 6.54 Å². The minimum absolute atomic E-state index is 0.680. The molecule has 0 aromatic heterocycles.